The molecule has 1 aliphatic heterocycles. The lowest BCUT2D eigenvalue weighted by Crippen LogP contribution is -2.47. The van der Waals surface area contributed by atoms with Gasteiger partial charge in [0, 0.05) is 32.0 Å². The van der Waals surface area contributed by atoms with Crippen LogP contribution in [0, 0.1) is 11.8 Å². The first-order valence-corrected chi connectivity index (χ1v) is 7.78. The van der Waals surface area contributed by atoms with E-state index in [0.29, 0.717) is 31.5 Å². The molecule has 2 rings (SSSR count). The van der Waals surface area contributed by atoms with Crippen LogP contribution in [0.2, 0.25) is 0 Å². The van der Waals surface area contributed by atoms with E-state index in [9.17, 15) is 8.42 Å². The molecule has 18 heavy (non-hydrogen) atoms. The number of aromatic nitrogens is 1. The number of nitrogens with zero attached hydrogens (tertiary/aromatic N) is 1. The molecule has 1 saturated heterocycles. The Morgan fingerprint density at radius 3 is 2.61 bits per heavy atom. The molecule has 5 nitrogen and oxygen atoms in total. The van der Waals surface area contributed by atoms with Crippen LogP contribution in [-0.4, -0.2) is 30.8 Å². The maximum absolute atomic E-state index is 12.2. The minimum Gasteiger partial charge on any atom is -0.367 e. The average molecular weight is 271 g/mol. The van der Waals surface area contributed by atoms with Crippen molar-refractivity contribution in [2.45, 2.75) is 26.8 Å². The highest BCUT2D eigenvalue weighted by molar-refractivity contribution is 7.87. The molecular formula is C12H21N3O2S. The van der Waals surface area contributed by atoms with E-state index in [1.165, 1.54) is 0 Å². The minimum absolute atomic E-state index is 0.338. The summed E-state index contributed by atoms with van der Waals surface area (Å²) in [6.07, 6.45) is 4.68. The Morgan fingerprint density at radius 1 is 1.39 bits per heavy atom. The van der Waals surface area contributed by atoms with E-state index in [4.69, 9.17) is 0 Å². The van der Waals surface area contributed by atoms with Crippen LogP contribution in [0.1, 0.15) is 25.8 Å². The maximum atomic E-state index is 12.2. The van der Waals surface area contributed by atoms with E-state index in [2.05, 4.69) is 23.6 Å². The fourth-order valence-corrected chi connectivity index (χ4v) is 3.97. The molecule has 2 unspecified atom stereocenters. The van der Waals surface area contributed by atoms with Crippen molar-refractivity contribution in [3.8, 4) is 0 Å². The van der Waals surface area contributed by atoms with Crippen molar-refractivity contribution in [1.29, 1.82) is 0 Å². The summed E-state index contributed by atoms with van der Waals surface area (Å²) in [6.45, 7) is 5.78. The summed E-state index contributed by atoms with van der Waals surface area (Å²) in [5, 5.41) is 0. The van der Waals surface area contributed by atoms with Crippen LogP contribution in [0.3, 0.4) is 0 Å². The molecule has 2 N–H and O–H groups in total. The Kier molecular flexibility index (Phi) is 4.09. The zero-order valence-electron chi connectivity index (χ0n) is 10.9. The number of piperidine rings is 1. The summed E-state index contributed by atoms with van der Waals surface area (Å²) in [5.74, 6) is 0.857. The first kappa shape index (κ1) is 13.6. The molecule has 0 amide bonds. The van der Waals surface area contributed by atoms with Crippen LogP contribution >= 0.6 is 0 Å². The normalized spacial score (nSPS) is 26.3. The third kappa shape index (κ3) is 3.34. The lowest BCUT2D eigenvalue weighted by molar-refractivity contribution is 0.220. The molecule has 0 aromatic carbocycles. The Balaban J connectivity index is 1.97. The number of rotatable bonds is 4. The Labute approximate surface area is 109 Å². The smallest absolute Gasteiger partial charge is 0.279 e. The second-order valence-corrected chi connectivity index (χ2v) is 7.06. The third-order valence-electron chi connectivity index (χ3n) is 3.30. The SMILES string of the molecule is CC1CC(C)CN(S(=O)(=O)NCc2cc[nH]c2)C1. The van der Waals surface area contributed by atoms with Crippen molar-refractivity contribution in [1.82, 2.24) is 14.0 Å². The minimum atomic E-state index is -3.36. The van der Waals surface area contributed by atoms with Crippen LogP contribution in [0.4, 0.5) is 0 Å². The van der Waals surface area contributed by atoms with Gasteiger partial charge in [0.15, 0.2) is 0 Å². The van der Waals surface area contributed by atoms with Gasteiger partial charge < -0.3 is 4.98 Å². The van der Waals surface area contributed by atoms with E-state index in [1.54, 1.807) is 16.7 Å². The monoisotopic (exact) mass is 271 g/mol. The standard InChI is InChI=1S/C12H21N3O2S/c1-10-5-11(2)9-15(8-10)18(16,17)14-7-12-3-4-13-6-12/h3-4,6,10-11,13-14H,5,7-9H2,1-2H3. The van der Waals surface area contributed by atoms with Crippen molar-refractivity contribution in [2.24, 2.45) is 11.8 Å². The second kappa shape index (κ2) is 5.42. The summed E-state index contributed by atoms with van der Waals surface area (Å²) < 4.78 is 28.6. The van der Waals surface area contributed by atoms with Crippen molar-refractivity contribution in [3.63, 3.8) is 0 Å². The van der Waals surface area contributed by atoms with Gasteiger partial charge in [-0.3, -0.25) is 0 Å². The molecule has 2 heterocycles. The lowest BCUT2D eigenvalue weighted by atomic mass is 9.94. The van der Waals surface area contributed by atoms with Gasteiger partial charge in [0.05, 0.1) is 0 Å². The molecule has 0 radical (unpaired) electrons. The van der Waals surface area contributed by atoms with Crippen molar-refractivity contribution >= 4 is 10.2 Å². The molecule has 1 aromatic heterocycles. The van der Waals surface area contributed by atoms with Crippen molar-refractivity contribution < 1.29 is 8.42 Å². The Morgan fingerprint density at radius 2 is 2.06 bits per heavy atom. The van der Waals surface area contributed by atoms with Gasteiger partial charge in [-0.15, -0.1) is 0 Å². The fraction of sp³-hybridized carbons (Fsp3) is 0.667. The highest BCUT2D eigenvalue weighted by Crippen LogP contribution is 2.22. The molecule has 1 fully saturated rings. The maximum Gasteiger partial charge on any atom is 0.279 e. The number of hydrogen-bond acceptors (Lipinski definition) is 2. The summed E-state index contributed by atoms with van der Waals surface area (Å²) in [7, 11) is -3.36. The van der Waals surface area contributed by atoms with Gasteiger partial charge in [-0.2, -0.15) is 17.4 Å². The summed E-state index contributed by atoms with van der Waals surface area (Å²) in [5.41, 5.74) is 0.941. The third-order valence-corrected chi connectivity index (χ3v) is 4.78. The topological polar surface area (TPSA) is 65.2 Å². The van der Waals surface area contributed by atoms with Gasteiger partial charge in [-0.25, -0.2) is 0 Å². The van der Waals surface area contributed by atoms with Gasteiger partial charge in [-0.1, -0.05) is 13.8 Å². The molecule has 0 aliphatic carbocycles. The van der Waals surface area contributed by atoms with Crippen LogP contribution in [0.15, 0.2) is 18.5 Å². The summed E-state index contributed by atoms with van der Waals surface area (Å²) in [6, 6.07) is 1.87. The van der Waals surface area contributed by atoms with Gasteiger partial charge in [0.1, 0.15) is 0 Å². The van der Waals surface area contributed by atoms with Crippen LogP contribution in [0.5, 0.6) is 0 Å². The highest BCUT2D eigenvalue weighted by atomic mass is 32.2. The Hall–Kier alpha value is -0.850. The average Bonchev–Trinajstić information content (AvgIpc) is 2.78. The van der Waals surface area contributed by atoms with Gasteiger partial charge in [0.25, 0.3) is 10.2 Å². The van der Waals surface area contributed by atoms with E-state index in [1.807, 2.05) is 6.07 Å². The van der Waals surface area contributed by atoms with Crippen LogP contribution < -0.4 is 4.72 Å². The predicted molar refractivity (Wildman–Crippen MR) is 71.1 cm³/mol. The lowest BCUT2D eigenvalue weighted by Gasteiger charge is -2.33. The van der Waals surface area contributed by atoms with Crippen molar-refractivity contribution in [3.05, 3.63) is 24.0 Å². The van der Waals surface area contributed by atoms with Gasteiger partial charge >= 0.3 is 0 Å². The van der Waals surface area contributed by atoms with Gasteiger partial charge in [-0.05, 0) is 29.9 Å². The molecule has 0 bridgehead atoms. The molecular weight excluding hydrogens is 250 g/mol. The van der Waals surface area contributed by atoms with Gasteiger partial charge in [0.2, 0.25) is 0 Å². The van der Waals surface area contributed by atoms with E-state index >= 15 is 0 Å². The second-order valence-electron chi connectivity index (χ2n) is 5.31. The van der Waals surface area contributed by atoms with E-state index in [0.717, 1.165) is 12.0 Å². The summed E-state index contributed by atoms with van der Waals surface area (Å²) >= 11 is 0. The molecule has 0 spiro atoms. The van der Waals surface area contributed by atoms with E-state index < -0.39 is 10.2 Å². The summed E-state index contributed by atoms with van der Waals surface area (Å²) in [4.78, 5) is 2.91. The predicted octanol–water partition coefficient (Wildman–Crippen LogP) is 1.33. The zero-order chi connectivity index (χ0) is 13.2. The first-order valence-electron chi connectivity index (χ1n) is 6.34. The van der Waals surface area contributed by atoms with Crippen LogP contribution in [-0.2, 0) is 16.8 Å². The molecule has 0 saturated carbocycles. The zero-order valence-corrected chi connectivity index (χ0v) is 11.7. The largest absolute Gasteiger partial charge is 0.367 e. The van der Waals surface area contributed by atoms with Crippen LogP contribution in [0.25, 0.3) is 0 Å². The molecule has 1 aliphatic rings. The molecule has 2 atom stereocenters. The number of aromatic amines is 1. The molecule has 6 heteroatoms. The Bertz CT molecular complexity index is 460. The quantitative estimate of drug-likeness (QED) is 0.867. The number of hydrogen-bond donors (Lipinski definition) is 2. The molecule has 1 aromatic rings. The number of H-pyrrole nitrogens is 1. The van der Waals surface area contributed by atoms with E-state index in [-0.39, 0.29) is 0 Å². The number of nitrogens with one attached hydrogen (secondary N) is 2. The molecule has 102 valence electrons. The first-order chi connectivity index (χ1) is 8.47. The van der Waals surface area contributed by atoms with Crippen molar-refractivity contribution in [2.75, 3.05) is 13.1 Å². The fourth-order valence-electron chi connectivity index (χ4n) is 2.54. The highest BCUT2D eigenvalue weighted by Gasteiger charge is 2.29.